The number of benzene rings is 1. The van der Waals surface area contributed by atoms with Gasteiger partial charge in [0.2, 0.25) is 11.9 Å². The Morgan fingerprint density at radius 3 is 2.87 bits per heavy atom. The molecule has 2 aromatic rings. The number of anilines is 1. The Morgan fingerprint density at radius 1 is 1.35 bits per heavy atom. The van der Waals surface area contributed by atoms with Crippen molar-refractivity contribution in [2.75, 3.05) is 18.5 Å². The van der Waals surface area contributed by atoms with Crippen LogP contribution in [0.5, 0.6) is 11.5 Å². The van der Waals surface area contributed by atoms with Gasteiger partial charge in [-0.15, -0.1) is 0 Å². The second kappa shape index (κ2) is 6.57. The molecule has 7 nitrogen and oxygen atoms in total. The van der Waals surface area contributed by atoms with Crippen LogP contribution in [0.1, 0.15) is 31.9 Å². The number of hydrogen-bond acceptors (Lipinski definition) is 5. The number of hydrogen-bond donors (Lipinski definition) is 1. The minimum absolute atomic E-state index is 0.0848. The molecular formula is C15H17BrN4O3. The number of halogens is 1. The molecule has 1 N–H and O–H groups in total. The zero-order valence-electron chi connectivity index (χ0n) is 12.9. The summed E-state index contributed by atoms with van der Waals surface area (Å²) in [6.07, 6.45) is 1.73. The van der Waals surface area contributed by atoms with Gasteiger partial charge in [0.25, 0.3) is 0 Å². The second-order valence-electron chi connectivity index (χ2n) is 4.99. The molecule has 0 unspecified atom stereocenters. The van der Waals surface area contributed by atoms with Crippen molar-refractivity contribution in [1.82, 2.24) is 14.8 Å². The Morgan fingerprint density at radius 2 is 2.13 bits per heavy atom. The Labute approximate surface area is 142 Å². The third-order valence-electron chi connectivity index (χ3n) is 3.50. The number of amides is 1. The molecule has 3 rings (SSSR count). The SMILES string of the molecule is CCOc1cc([C@@H]2CC(=O)Nc3ncnn32)cc(Br)c1OCC. The van der Waals surface area contributed by atoms with Gasteiger partial charge in [-0.1, -0.05) is 0 Å². The maximum atomic E-state index is 11.9. The predicted octanol–water partition coefficient (Wildman–Crippen LogP) is 2.77. The maximum Gasteiger partial charge on any atom is 0.229 e. The normalized spacial score (nSPS) is 16.7. The molecule has 23 heavy (non-hydrogen) atoms. The van der Waals surface area contributed by atoms with Gasteiger partial charge in [-0.25, -0.2) is 4.68 Å². The number of rotatable bonds is 5. The molecule has 1 aromatic carbocycles. The third kappa shape index (κ3) is 3.03. The molecule has 0 aliphatic carbocycles. The second-order valence-corrected chi connectivity index (χ2v) is 5.85. The Kier molecular flexibility index (Phi) is 4.51. The lowest BCUT2D eigenvalue weighted by molar-refractivity contribution is -0.117. The minimum Gasteiger partial charge on any atom is -0.490 e. The topological polar surface area (TPSA) is 78.3 Å². The van der Waals surface area contributed by atoms with Crippen LogP contribution in [0.25, 0.3) is 0 Å². The van der Waals surface area contributed by atoms with Crippen molar-refractivity contribution in [3.05, 3.63) is 28.5 Å². The van der Waals surface area contributed by atoms with Crippen LogP contribution >= 0.6 is 15.9 Å². The van der Waals surface area contributed by atoms with E-state index in [1.807, 2.05) is 26.0 Å². The fraction of sp³-hybridized carbons (Fsp3) is 0.400. The van der Waals surface area contributed by atoms with E-state index in [2.05, 4.69) is 31.3 Å². The van der Waals surface area contributed by atoms with E-state index in [4.69, 9.17) is 9.47 Å². The Hall–Kier alpha value is -2.09. The molecule has 1 amide bonds. The van der Waals surface area contributed by atoms with Gasteiger partial charge in [0.05, 0.1) is 30.1 Å². The number of carbonyl (C=O) groups excluding carboxylic acids is 1. The lowest BCUT2D eigenvalue weighted by Gasteiger charge is -2.25. The largest absolute Gasteiger partial charge is 0.490 e. The van der Waals surface area contributed by atoms with Crippen molar-refractivity contribution in [3.63, 3.8) is 0 Å². The summed E-state index contributed by atoms with van der Waals surface area (Å²) < 4.78 is 13.8. The number of carbonyl (C=O) groups is 1. The van der Waals surface area contributed by atoms with Crippen molar-refractivity contribution in [3.8, 4) is 11.5 Å². The highest BCUT2D eigenvalue weighted by Gasteiger charge is 2.29. The molecule has 0 fully saturated rings. The van der Waals surface area contributed by atoms with Crippen LogP contribution in [-0.2, 0) is 4.79 Å². The summed E-state index contributed by atoms with van der Waals surface area (Å²) in [5.74, 6) is 1.68. The molecule has 1 aromatic heterocycles. The minimum atomic E-state index is -0.229. The molecule has 0 bridgehead atoms. The average molecular weight is 381 g/mol. The van der Waals surface area contributed by atoms with E-state index in [0.29, 0.717) is 37.1 Å². The molecule has 0 radical (unpaired) electrons. The molecule has 2 heterocycles. The predicted molar refractivity (Wildman–Crippen MR) is 87.9 cm³/mol. The first-order chi connectivity index (χ1) is 11.1. The van der Waals surface area contributed by atoms with Crippen LogP contribution in [0.2, 0.25) is 0 Å². The van der Waals surface area contributed by atoms with Gasteiger partial charge in [0.15, 0.2) is 11.5 Å². The number of nitrogens with one attached hydrogen (secondary N) is 1. The highest BCUT2D eigenvalue weighted by atomic mass is 79.9. The average Bonchev–Trinajstić information content (AvgIpc) is 2.98. The third-order valence-corrected chi connectivity index (χ3v) is 4.09. The summed E-state index contributed by atoms with van der Waals surface area (Å²) in [6.45, 7) is 4.90. The van der Waals surface area contributed by atoms with Crippen molar-refractivity contribution in [1.29, 1.82) is 0 Å². The summed E-state index contributed by atoms with van der Waals surface area (Å²) in [5, 5.41) is 6.93. The molecule has 1 aliphatic rings. The summed E-state index contributed by atoms with van der Waals surface area (Å²) in [6, 6.07) is 3.60. The quantitative estimate of drug-likeness (QED) is 0.862. The van der Waals surface area contributed by atoms with E-state index in [1.165, 1.54) is 6.33 Å². The molecule has 8 heteroatoms. The van der Waals surface area contributed by atoms with Crippen LogP contribution in [0.15, 0.2) is 22.9 Å². The summed E-state index contributed by atoms with van der Waals surface area (Å²) >= 11 is 3.53. The number of ether oxygens (including phenoxy) is 2. The summed E-state index contributed by atoms with van der Waals surface area (Å²) in [7, 11) is 0. The van der Waals surface area contributed by atoms with E-state index >= 15 is 0 Å². The molecule has 0 spiro atoms. The molecule has 1 atom stereocenters. The Balaban J connectivity index is 2.05. The molecule has 0 saturated heterocycles. The molecule has 1 aliphatic heterocycles. The molecular weight excluding hydrogens is 364 g/mol. The fourth-order valence-electron chi connectivity index (χ4n) is 2.59. The number of aromatic nitrogens is 3. The van der Waals surface area contributed by atoms with Crippen molar-refractivity contribution in [2.24, 2.45) is 0 Å². The van der Waals surface area contributed by atoms with Crippen LogP contribution in [0.3, 0.4) is 0 Å². The smallest absolute Gasteiger partial charge is 0.229 e. The lowest BCUT2D eigenvalue weighted by atomic mass is 10.0. The van der Waals surface area contributed by atoms with E-state index in [-0.39, 0.29) is 11.9 Å². The molecule has 0 saturated carbocycles. The zero-order chi connectivity index (χ0) is 16.4. The van der Waals surface area contributed by atoms with E-state index in [9.17, 15) is 4.79 Å². The van der Waals surface area contributed by atoms with Crippen LogP contribution in [0.4, 0.5) is 5.95 Å². The van der Waals surface area contributed by atoms with Crippen LogP contribution in [-0.4, -0.2) is 33.9 Å². The maximum absolute atomic E-state index is 11.9. The zero-order valence-corrected chi connectivity index (χ0v) is 14.5. The van der Waals surface area contributed by atoms with Gasteiger partial charge in [-0.05, 0) is 47.5 Å². The van der Waals surface area contributed by atoms with Gasteiger partial charge >= 0.3 is 0 Å². The van der Waals surface area contributed by atoms with Crippen LogP contribution < -0.4 is 14.8 Å². The first kappa shape index (κ1) is 15.8. The first-order valence-corrected chi connectivity index (χ1v) is 8.21. The van der Waals surface area contributed by atoms with Gasteiger partial charge in [0.1, 0.15) is 6.33 Å². The van der Waals surface area contributed by atoms with Gasteiger partial charge in [0, 0.05) is 0 Å². The van der Waals surface area contributed by atoms with Gasteiger partial charge in [-0.3, -0.25) is 10.1 Å². The van der Waals surface area contributed by atoms with Crippen molar-refractivity contribution in [2.45, 2.75) is 26.3 Å². The van der Waals surface area contributed by atoms with Crippen LogP contribution in [0, 0.1) is 0 Å². The van der Waals surface area contributed by atoms with Gasteiger partial charge < -0.3 is 9.47 Å². The standard InChI is InChI=1S/C15H17BrN4O3/c1-3-22-12-6-9(5-10(16)14(12)23-4-2)11-7-13(21)19-15-17-8-18-20(11)15/h5-6,8,11H,3-4,7H2,1-2H3,(H,17,18,19,21)/t11-/m0/s1. The van der Waals surface area contributed by atoms with Crippen molar-refractivity contribution >= 4 is 27.8 Å². The lowest BCUT2D eigenvalue weighted by Crippen LogP contribution is -2.29. The van der Waals surface area contributed by atoms with E-state index in [0.717, 1.165) is 10.0 Å². The first-order valence-electron chi connectivity index (χ1n) is 7.42. The monoisotopic (exact) mass is 380 g/mol. The molecule has 122 valence electrons. The highest BCUT2D eigenvalue weighted by molar-refractivity contribution is 9.10. The van der Waals surface area contributed by atoms with E-state index < -0.39 is 0 Å². The number of nitrogens with zero attached hydrogens (tertiary/aromatic N) is 3. The van der Waals surface area contributed by atoms with E-state index in [1.54, 1.807) is 4.68 Å². The Bertz CT molecular complexity index is 732. The van der Waals surface area contributed by atoms with Gasteiger partial charge in [-0.2, -0.15) is 10.1 Å². The summed E-state index contributed by atoms with van der Waals surface area (Å²) in [4.78, 5) is 16.0. The highest BCUT2D eigenvalue weighted by Crippen LogP contribution is 2.40. The number of fused-ring (bicyclic) bond motifs is 1. The van der Waals surface area contributed by atoms with Crippen molar-refractivity contribution < 1.29 is 14.3 Å². The summed E-state index contributed by atoms with van der Waals surface area (Å²) in [5.41, 5.74) is 0.908. The fourth-order valence-corrected chi connectivity index (χ4v) is 3.17.